The maximum Gasteiger partial charge on any atom is 0.339 e. The molecule has 23 heavy (non-hydrogen) atoms. The van der Waals surface area contributed by atoms with E-state index >= 15 is 0 Å². The molecular formula is C18H14O4S. The normalized spacial score (nSPS) is 11.0. The second kappa shape index (κ2) is 6.54. The SMILES string of the molecule is O=S(=O)(Oc1ccc(Oc2ccccc2)cc1)c1ccccc1. The molecule has 3 rings (SSSR count). The molecule has 5 heteroatoms. The van der Waals surface area contributed by atoms with Gasteiger partial charge in [0.25, 0.3) is 0 Å². The highest BCUT2D eigenvalue weighted by molar-refractivity contribution is 7.87. The molecule has 0 N–H and O–H groups in total. The second-order valence-corrected chi connectivity index (χ2v) is 6.28. The van der Waals surface area contributed by atoms with E-state index in [1.54, 1.807) is 42.5 Å². The molecule has 4 nitrogen and oxygen atoms in total. The monoisotopic (exact) mass is 326 g/mol. The molecule has 0 unspecified atom stereocenters. The van der Waals surface area contributed by atoms with Gasteiger partial charge in [-0.05, 0) is 48.5 Å². The Bertz CT molecular complexity index is 858. The molecule has 0 saturated heterocycles. The van der Waals surface area contributed by atoms with Crippen molar-refractivity contribution in [2.45, 2.75) is 4.90 Å². The number of para-hydroxylation sites is 1. The van der Waals surface area contributed by atoms with E-state index in [1.807, 2.05) is 30.3 Å². The van der Waals surface area contributed by atoms with Gasteiger partial charge in [0, 0.05) is 0 Å². The Morgan fingerprint density at radius 1 is 0.565 bits per heavy atom. The van der Waals surface area contributed by atoms with Crippen LogP contribution in [0, 0.1) is 0 Å². The molecule has 3 aromatic carbocycles. The van der Waals surface area contributed by atoms with E-state index in [2.05, 4.69) is 0 Å². The summed E-state index contributed by atoms with van der Waals surface area (Å²) in [5.74, 6) is 1.54. The molecule has 0 aromatic heterocycles. The Morgan fingerprint density at radius 2 is 1.04 bits per heavy atom. The highest BCUT2D eigenvalue weighted by Crippen LogP contribution is 2.25. The molecule has 0 saturated carbocycles. The Labute approximate surface area is 135 Å². The number of ether oxygens (including phenoxy) is 1. The van der Waals surface area contributed by atoms with Crippen molar-refractivity contribution in [2.24, 2.45) is 0 Å². The minimum Gasteiger partial charge on any atom is -0.457 e. The lowest BCUT2D eigenvalue weighted by molar-refractivity contribution is 0.474. The minimum absolute atomic E-state index is 0.115. The lowest BCUT2D eigenvalue weighted by Crippen LogP contribution is -2.09. The molecule has 0 aliphatic carbocycles. The maximum absolute atomic E-state index is 12.1. The van der Waals surface area contributed by atoms with Crippen LogP contribution in [0.4, 0.5) is 0 Å². The van der Waals surface area contributed by atoms with Crippen molar-refractivity contribution >= 4 is 10.1 Å². The highest BCUT2D eigenvalue weighted by Gasteiger charge is 2.15. The first-order valence-corrected chi connectivity index (χ1v) is 8.37. The Hall–Kier alpha value is -2.79. The molecule has 0 amide bonds. The van der Waals surface area contributed by atoms with E-state index in [-0.39, 0.29) is 10.6 Å². The van der Waals surface area contributed by atoms with Gasteiger partial charge in [0.15, 0.2) is 0 Å². The fraction of sp³-hybridized carbons (Fsp3) is 0. The van der Waals surface area contributed by atoms with Crippen molar-refractivity contribution in [3.8, 4) is 17.2 Å². The number of rotatable bonds is 5. The summed E-state index contributed by atoms with van der Waals surface area (Å²) in [7, 11) is -3.83. The lowest BCUT2D eigenvalue weighted by atomic mass is 10.3. The molecular weight excluding hydrogens is 312 g/mol. The van der Waals surface area contributed by atoms with Crippen LogP contribution in [0.5, 0.6) is 17.2 Å². The summed E-state index contributed by atoms with van der Waals surface area (Å²) in [6.45, 7) is 0. The van der Waals surface area contributed by atoms with E-state index in [9.17, 15) is 8.42 Å². The highest BCUT2D eigenvalue weighted by atomic mass is 32.2. The zero-order chi connectivity index (χ0) is 16.1. The fourth-order valence-corrected chi connectivity index (χ4v) is 2.90. The summed E-state index contributed by atoms with van der Waals surface area (Å²) in [4.78, 5) is 0.115. The summed E-state index contributed by atoms with van der Waals surface area (Å²) in [6.07, 6.45) is 0. The van der Waals surface area contributed by atoms with E-state index in [0.717, 1.165) is 0 Å². The first kappa shape index (κ1) is 15.1. The van der Waals surface area contributed by atoms with Gasteiger partial charge in [-0.2, -0.15) is 8.42 Å². The summed E-state index contributed by atoms with van der Waals surface area (Å²) in [5.41, 5.74) is 0. The quantitative estimate of drug-likeness (QED) is 0.658. The van der Waals surface area contributed by atoms with Crippen LogP contribution in [0.3, 0.4) is 0 Å². The molecule has 0 spiro atoms. The topological polar surface area (TPSA) is 52.6 Å². The summed E-state index contributed by atoms with van der Waals surface area (Å²) in [5, 5.41) is 0. The average molecular weight is 326 g/mol. The van der Waals surface area contributed by atoms with Crippen LogP contribution in [0.2, 0.25) is 0 Å². The van der Waals surface area contributed by atoms with E-state index in [1.165, 1.54) is 12.1 Å². The average Bonchev–Trinajstić information content (AvgIpc) is 2.58. The smallest absolute Gasteiger partial charge is 0.339 e. The third kappa shape index (κ3) is 3.90. The molecule has 0 radical (unpaired) electrons. The molecule has 0 fully saturated rings. The molecule has 3 aromatic rings. The molecule has 0 aliphatic rings. The molecule has 0 aliphatic heterocycles. The number of hydrogen-bond donors (Lipinski definition) is 0. The van der Waals surface area contributed by atoms with Gasteiger partial charge in [-0.15, -0.1) is 0 Å². The lowest BCUT2D eigenvalue weighted by Gasteiger charge is -2.08. The van der Waals surface area contributed by atoms with Crippen molar-refractivity contribution < 1.29 is 17.3 Å². The first-order chi connectivity index (χ1) is 11.1. The summed E-state index contributed by atoms with van der Waals surface area (Å²) in [6, 6.07) is 23.8. The van der Waals surface area contributed by atoms with Crippen LogP contribution in [0.1, 0.15) is 0 Å². The van der Waals surface area contributed by atoms with Gasteiger partial charge >= 0.3 is 10.1 Å². The van der Waals surface area contributed by atoms with E-state index in [0.29, 0.717) is 11.5 Å². The van der Waals surface area contributed by atoms with Crippen molar-refractivity contribution in [1.82, 2.24) is 0 Å². The second-order valence-electron chi connectivity index (χ2n) is 4.74. The predicted octanol–water partition coefficient (Wildman–Crippen LogP) is 4.25. The van der Waals surface area contributed by atoms with E-state index < -0.39 is 10.1 Å². The molecule has 0 bridgehead atoms. The third-order valence-corrected chi connectivity index (χ3v) is 4.30. The Morgan fingerprint density at radius 3 is 1.65 bits per heavy atom. The number of hydrogen-bond acceptors (Lipinski definition) is 4. The van der Waals surface area contributed by atoms with Gasteiger partial charge < -0.3 is 8.92 Å². The van der Waals surface area contributed by atoms with Crippen LogP contribution in [-0.4, -0.2) is 8.42 Å². The minimum atomic E-state index is -3.83. The molecule has 0 atom stereocenters. The Balaban J connectivity index is 1.73. The zero-order valence-corrected chi connectivity index (χ0v) is 12.9. The van der Waals surface area contributed by atoms with Gasteiger partial charge in [0.05, 0.1) is 0 Å². The first-order valence-electron chi connectivity index (χ1n) is 6.96. The van der Waals surface area contributed by atoms with Gasteiger partial charge in [-0.25, -0.2) is 0 Å². The van der Waals surface area contributed by atoms with Gasteiger partial charge in [0.1, 0.15) is 22.1 Å². The predicted molar refractivity (Wildman–Crippen MR) is 87.2 cm³/mol. The maximum atomic E-state index is 12.1. The van der Waals surface area contributed by atoms with Crippen LogP contribution in [0.15, 0.2) is 89.8 Å². The van der Waals surface area contributed by atoms with Crippen molar-refractivity contribution in [3.63, 3.8) is 0 Å². The van der Waals surface area contributed by atoms with Crippen molar-refractivity contribution in [1.29, 1.82) is 0 Å². The van der Waals surface area contributed by atoms with Gasteiger partial charge in [0.2, 0.25) is 0 Å². The third-order valence-electron chi connectivity index (χ3n) is 3.04. The van der Waals surface area contributed by atoms with Crippen molar-refractivity contribution in [2.75, 3.05) is 0 Å². The van der Waals surface area contributed by atoms with Crippen molar-refractivity contribution in [3.05, 3.63) is 84.9 Å². The summed E-state index contributed by atoms with van der Waals surface area (Å²) < 4.78 is 35.0. The van der Waals surface area contributed by atoms with Crippen LogP contribution < -0.4 is 8.92 Å². The van der Waals surface area contributed by atoms with E-state index in [4.69, 9.17) is 8.92 Å². The standard InChI is InChI=1S/C18H14O4S/c19-23(20,18-9-5-2-6-10-18)22-17-13-11-16(12-14-17)21-15-7-3-1-4-8-15/h1-14H. The zero-order valence-electron chi connectivity index (χ0n) is 12.1. The summed E-state index contributed by atoms with van der Waals surface area (Å²) >= 11 is 0. The van der Waals surface area contributed by atoms with Crippen LogP contribution in [0.25, 0.3) is 0 Å². The Kier molecular flexibility index (Phi) is 4.30. The van der Waals surface area contributed by atoms with Gasteiger partial charge in [-0.1, -0.05) is 36.4 Å². The largest absolute Gasteiger partial charge is 0.457 e. The molecule has 116 valence electrons. The van der Waals surface area contributed by atoms with Crippen LogP contribution >= 0.6 is 0 Å². The van der Waals surface area contributed by atoms with Gasteiger partial charge in [-0.3, -0.25) is 0 Å². The molecule has 0 heterocycles. The number of benzene rings is 3. The van der Waals surface area contributed by atoms with Crippen LogP contribution in [-0.2, 0) is 10.1 Å². The fourth-order valence-electron chi connectivity index (χ4n) is 1.95.